The second-order valence-corrected chi connectivity index (χ2v) is 6.96. The lowest BCUT2D eigenvalue weighted by molar-refractivity contribution is 0.724. The summed E-state index contributed by atoms with van der Waals surface area (Å²) in [6.45, 7) is 0. The summed E-state index contributed by atoms with van der Waals surface area (Å²) in [7, 11) is 0. The molecule has 0 amide bonds. The minimum absolute atomic E-state index is 0.0547. The first-order valence-electron chi connectivity index (χ1n) is 9.07. The zero-order chi connectivity index (χ0) is 17.4. The van der Waals surface area contributed by atoms with Crippen molar-refractivity contribution in [1.29, 1.82) is 0 Å². The number of allylic oxidation sites excluding steroid dienone is 10. The van der Waals surface area contributed by atoms with Crippen molar-refractivity contribution < 1.29 is 0 Å². The van der Waals surface area contributed by atoms with E-state index in [-0.39, 0.29) is 5.41 Å². The van der Waals surface area contributed by atoms with Crippen LogP contribution in [0.25, 0.3) is 17.0 Å². The van der Waals surface area contributed by atoms with E-state index in [4.69, 9.17) is 15.0 Å². The zero-order valence-electron chi connectivity index (χ0n) is 14.4. The maximum atomic E-state index is 4.90. The van der Waals surface area contributed by atoms with E-state index in [1.54, 1.807) is 0 Å². The summed E-state index contributed by atoms with van der Waals surface area (Å²) in [6, 6.07) is 10.2. The Bertz CT molecular complexity index is 995. The van der Waals surface area contributed by atoms with Crippen molar-refractivity contribution in [3.63, 3.8) is 0 Å². The highest BCUT2D eigenvalue weighted by atomic mass is 15.1. The van der Waals surface area contributed by atoms with Gasteiger partial charge in [0.15, 0.2) is 11.6 Å². The van der Waals surface area contributed by atoms with Gasteiger partial charge in [-0.05, 0) is 18.8 Å². The van der Waals surface area contributed by atoms with E-state index in [1.165, 1.54) is 0 Å². The summed E-state index contributed by atoms with van der Waals surface area (Å²) in [5.41, 5.74) is 2.00. The van der Waals surface area contributed by atoms with Crippen LogP contribution in [-0.4, -0.2) is 15.0 Å². The Morgan fingerprint density at radius 2 is 1.77 bits per heavy atom. The van der Waals surface area contributed by atoms with Crippen LogP contribution in [0.2, 0.25) is 0 Å². The molecule has 3 aliphatic carbocycles. The zero-order valence-corrected chi connectivity index (χ0v) is 14.4. The van der Waals surface area contributed by atoms with Crippen LogP contribution < -0.4 is 0 Å². The Hall–Kier alpha value is -3.07. The predicted molar refractivity (Wildman–Crippen MR) is 104 cm³/mol. The van der Waals surface area contributed by atoms with Gasteiger partial charge in [-0.1, -0.05) is 85.0 Å². The fourth-order valence-electron chi connectivity index (χ4n) is 3.65. The number of aromatic nitrogens is 3. The Morgan fingerprint density at radius 3 is 2.65 bits per heavy atom. The van der Waals surface area contributed by atoms with E-state index in [1.807, 2.05) is 18.2 Å². The molecule has 3 aliphatic rings. The molecule has 3 nitrogen and oxygen atoms in total. The van der Waals surface area contributed by atoms with E-state index in [0.29, 0.717) is 5.92 Å². The van der Waals surface area contributed by atoms with Crippen LogP contribution in [0.15, 0.2) is 85.0 Å². The van der Waals surface area contributed by atoms with E-state index in [2.05, 4.69) is 66.8 Å². The molecule has 1 aromatic heterocycles. The van der Waals surface area contributed by atoms with Gasteiger partial charge in [-0.15, -0.1) is 0 Å². The number of nitrogens with zero attached hydrogens (tertiary/aromatic N) is 3. The van der Waals surface area contributed by atoms with Gasteiger partial charge in [0.05, 0.1) is 5.41 Å². The molecule has 0 radical (unpaired) electrons. The Morgan fingerprint density at radius 1 is 0.885 bits per heavy atom. The largest absolute Gasteiger partial charge is 0.212 e. The van der Waals surface area contributed by atoms with E-state index < -0.39 is 0 Å². The van der Waals surface area contributed by atoms with Crippen molar-refractivity contribution in [2.24, 2.45) is 5.92 Å². The maximum absolute atomic E-state index is 4.90. The third-order valence-electron chi connectivity index (χ3n) is 5.23. The average Bonchev–Trinajstić information content (AvgIpc) is 3.49. The van der Waals surface area contributed by atoms with Gasteiger partial charge in [0, 0.05) is 11.1 Å². The SMILES string of the molecule is C1=CCC=CC(c2nc(-c3ccccc3)nc(C34C=CC=CC3C4)n2)=C1. The van der Waals surface area contributed by atoms with E-state index in [9.17, 15) is 0 Å². The maximum Gasteiger partial charge on any atom is 0.163 e. The van der Waals surface area contributed by atoms with Gasteiger partial charge in [0.2, 0.25) is 0 Å². The van der Waals surface area contributed by atoms with E-state index in [0.717, 1.165) is 41.5 Å². The third kappa shape index (κ3) is 2.57. The van der Waals surface area contributed by atoms with Gasteiger partial charge >= 0.3 is 0 Å². The molecule has 1 heterocycles. The molecule has 3 heteroatoms. The minimum Gasteiger partial charge on any atom is -0.212 e. The van der Waals surface area contributed by atoms with Crippen LogP contribution in [0.4, 0.5) is 0 Å². The second-order valence-electron chi connectivity index (χ2n) is 6.96. The molecule has 0 aliphatic heterocycles. The summed E-state index contributed by atoms with van der Waals surface area (Å²) >= 11 is 0. The van der Waals surface area contributed by atoms with Crippen molar-refractivity contribution in [2.45, 2.75) is 18.3 Å². The molecule has 2 aromatic rings. The number of hydrogen-bond donors (Lipinski definition) is 0. The monoisotopic (exact) mass is 337 g/mol. The fourth-order valence-corrected chi connectivity index (χ4v) is 3.65. The first-order chi connectivity index (χ1) is 12.9. The summed E-state index contributed by atoms with van der Waals surface area (Å²) < 4.78 is 0. The van der Waals surface area contributed by atoms with E-state index >= 15 is 0 Å². The van der Waals surface area contributed by atoms with Gasteiger partial charge in [-0.3, -0.25) is 0 Å². The minimum atomic E-state index is -0.0547. The Kier molecular flexibility index (Phi) is 3.52. The van der Waals surface area contributed by atoms with Crippen molar-refractivity contribution in [3.05, 3.63) is 96.7 Å². The smallest absolute Gasteiger partial charge is 0.163 e. The average molecular weight is 337 g/mol. The summed E-state index contributed by atoms with van der Waals surface area (Å²) in [4.78, 5) is 14.6. The van der Waals surface area contributed by atoms with Gasteiger partial charge < -0.3 is 0 Å². The molecule has 126 valence electrons. The Balaban J connectivity index is 1.67. The molecule has 2 atom stereocenters. The van der Waals surface area contributed by atoms with Gasteiger partial charge in [0.25, 0.3) is 0 Å². The van der Waals surface area contributed by atoms with Crippen LogP contribution in [-0.2, 0) is 5.41 Å². The van der Waals surface area contributed by atoms with Crippen molar-refractivity contribution in [1.82, 2.24) is 15.0 Å². The lowest BCUT2D eigenvalue weighted by Crippen LogP contribution is -2.16. The molecule has 0 saturated heterocycles. The highest BCUT2D eigenvalue weighted by Gasteiger charge is 2.55. The van der Waals surface area contributed by atoms with Crippen LogP contribution in [0.1, 0.15) is 24.5 Å². The quantitative estimate of drug-likeness (QED) is 0.806. The highest BCUT2D eigenvalue weighted by Crippen LogP contribution is 2.56. The summed E-state index contributed by atoms with van der Waals surface area (Å²) in [5.74, 6) is 2.88. The van der Waals surface area contributed by atoms with Gasteiger partial charge in [-0.25, -0.2) is 15.0 Å². The topological polar surface area (TPSA) is 38.7 Å². The molecule has 26 heavy (non-hydrogen) atoms. The van der Waals surface area contributed by atoms with Crippen LogP contribution >= 0.6 is 0 Å². The normalized spacial score (nSPS) is 25.5. The molecule has 0 bridgehead atoms. The van der Waals surface area contributed by atoms with Crippen molar-refractivity contribution in [3.8, 4) is 11.4 Å². The molecule has 0 N–H and O–H groups in total. The summed E-state index contributed by atoms with van der Waals surface area (Å²) in [5, 5.41) is 0. The number of fused-ring (bicyclic) bond motifs is 1. The first kappa shape index (κ1) is 15.2. The third-order valence-corrected chi connectivity index (χ3v) is 5.23. The second kappa shape index (κ2) is 6.03. The highest BCUT2D eigenvalue weighted by molar-refractivity contribution is 5.72. The molecule has 0 spiro atoms. The standard InChI is InChI=1S/C23H19N3/c1-2-5-11-17(10-4-1)20-24-21(18-12-6-3-7-13-18)26-22(25-20)23-15-9-8-14-19(23)16-23/h1,3-15,19H,2,16H2. The van der Waals surface area contributed by atoms with Crippen LogP contribution in [0.5, 0.6) is 0 Å². The van der Waals surface area contributed by atoms with Crippen molar-refractivity contribution >= 4 is 5.57 Å². The van der Waals surface area contributed by atoms with Crippen LogP contribution in [0.3, 0.4) is 0 Å². The first-order valence-corrected chi connectivity index (χ1v) is 9.07. The molecule has 2 unspecified atom stereocenters. The fraction of sp³-hybridized carbons (Fsp3) is 0.174. The van der Waals surface area contributed by atoms with Crippen LogP contribution in [0, 0.1) is 5.92 Å². The molecular weight excluding hydrogens is 318 g/mol. The lowest BCUT2D eigenvalue weighted by Gasteiger charge is -2.15. The number of rotatable bonds is 3. The Labute approximate surface area is 153 Å². The molecule has 1 saturated carbocycles. The molecule has 5 rings (SSSR count). The number of hydrogen-bond acceptors (Lipinski definition) is 3. The van der Waals surface area contributed by atoms with Gasteiger partial charge in [0.1, 0.15) is 5.82 Å². The summed E-state index contributed by atoms with van der Waals surface area (Å²) in [6.07, 6.45) is 21.3. The molecular formula is C23H19N3. The lowest BCUT2D eigenvalue weighted by atomic mass is 9.98. The predicted octanol–water partition coefficient (Wildman–Crippen LogP) is 4.82. The van der Waals surface area contributed by atoms with Gasteiger partial charge in [-0.2, -0.15) is 0 Å². The molecule has 1 fully saturated rings. The van der Waals surface area contributed by atoms with Crippen molar-refractivity contribution in [2.75, 3.05) is 0 Å². The number of benzene rings is 1. The molecule has 1 aromatic carbocycles.